The number of carboxylic acid groups (broad SMARTS) is 1. The van der Waals surface area contributed by atoms with Crippen molar-refractivity contribution in [2.24, 2.45) is 0 Å². The van der Waals surface area contributed by atoms with Crippen LogP contribution in [0.15, 0.2) is 5.57 Å². The summed E-state index contributed by atoms with van der Waals surface area (Å²) in [4.78, 5) is 10.4. The summed E-state index contributed by atoms with van der Waals surface area (Å²) in [6.45, 7) is 0. The monoisotopic (exact) mass is 263 g/mol. The maximum Gasteiger partial charge on any atom is 0.346 e. The van der Waals surface area contributed by atoms with Crippen LogP contribution in [0.25, 0.3) is 6.08 Å². The number of benzene rings is 1. The van der Waals surface area contributed by atoms with Gasteiger partial charge in [0.1, 0.15) is 11.6 Å². The van der Waals surface area contributed by atoms with Gasteiger partial charge in [-0.1, -0.05) is 0 Å². The van der Waals surface area contributed by atoms with Crippen molar-refractivity contribution in [3.63, 3.8) is 0 Å². The average molecular weight is 263 g/mol. The van der Waals surface area contributed by atoms with Crippen LogP contribution in [0, 0.1) is 40.4 Å². The van der Waals surface area contributed by atoms with E-state index in [0.717, 1.165) is 6.07 Å². The predicted octanol–water partition coefficient (Wildman–Crippen LogP) is 2.37. The van der Waals surface area contributed by atoms with E-state index in [1.54, 1.807) is 0 Å². The first-order chi connectivity index (χ1) is 8.31. The van der Waals surface area contributed by atoms with Crippen LogP contribution in [-0.2, 0) is 4.79 Å². The summed E-state index contributed by atoms with van der Waals surface area (Å²) in [5.41, 5.74) is -2.65. The molecule has 8 heteroatoms. The van der Waals surface area contributed by atoms with E-state index in [4.69, 9.17) is 10.4 Å². The Morgan fingerprint density at radius 3 is 1.72 bits per heavy atom. The zero-order valence-electron chi connectivity index (χ0n) is 8.27. The van der Waals surface area contributed by atoms with Gasteiger partial charge in [-0.15, -0.1) is 0 Å². The van der Waals surface area contributed by atoms with E-state index in [-0.39, 0.29) is 6.08 Å². The lowest BCUT2D eigenvalue weighted by Gasteiger charge is -2.04. The molecule has 94 valence electrons. The second kappa shape index (κ2) is 4.83. The molecule has 0 atom stereocenters. The standard InChI is InChI=1S/C10H2F5NO2/c11-5-4(1-3(2-16)10(17)18)6(12)8(14)9(15)7(5)13/h1H,(H,17,18). The normalized spacial score (nSPS) is 11.2. The van der Waals surface area contributed by atoms with Crippen LogP contribution in [-0.4, -0.2) is 11.1 Å². The Balaban J connectivity index is 3.63. The van der Waals surface area contributed by atoms with Gasteiger partial charge in [0.05, 0.1) is 5.56 Å². The number of hydrogen-bond donors (Lipinski definition) is 1. The third-order valence-corrected chi connectivity index (χ3v) is 1.88. The highest BCUT2D eigenvalue weighted by molar-refractivity contribution is 5.96. The first kappa shape index (κ1) is 13.6. The van der Waals surface area contributed by atoms with Gasteiger partial charge in [-0.2, -0.15) is 5.26 Å². The third kappa shape index (κ3) is 2.15. The lowest BCUT2D eigenvalue weighted by Crippen LogP contribution is -2.06. The molecule has 1 aromatic carbocycles. The van der Waals surface area contributed by atoms with E-state index < -0.39 is 46.2 Å². The molecule has 18 heavy (non-hydrogen) atoms. The molecule has 1 aromatic rings. The molecular formula is C10H2F5NO2. The van der Waals surface area contributed by atoms with Crippen LogP contribution >= 0.6 is 0 Å². The topological polar surface area (TPSA) is 61.1 Å². The molecule has 0 amide bonds. The Kier molecular flexibility index (Phi) is 3.66. The minimum atomic E-state index is -2.36. The van der Waals surface area contributed by atoms with E-state index in [1.807, 2.05) is 0 Å². The Bertz CT molecular complexity index is 574. The Hall–Kier alpha value is -2.43. The molecule has 0 bridgehead atoms. The van der Waals surface area contributed by atoms with Gasteiger partial charge in [0.15, 0.2) is 23.3 Å². The number of carboxylic acids is 1. The van der Waals surface area contributed by atoms with Crippen molar-refractivity contribution < 1.29 is 31.9 Å². The SMILES string of the molecule is N#CC(=Cc1c(F)c(F)c(F)c(F)c1F)C(=O)O. The number of nitriles is 1. The molecule has 0 spiro atoms. The Labute approximate surface area is 96.4 Å². The third-order valence-electron chi connectivity index (χ3n) is 1.88. The quantitative estimate of drug-likeness (QED) is 0.293. The zero-order chi connectivity index (χ0) is 14.0. The summed E-state index contributed by atoms with van der Waals surface area (Å²) in [6, 6.07) is 1.05. The zero-order valence-corrected chi connectivity index (χ0v) is 8.27. The van der Waals surface area contributed by atoms with Gasteiger partial charge in [-0.3, -0.25) is 0 Å². The smallest absolute Gasteiger partial charge is 0.346 e. The molecule has 0 heterocycles. The van der Waals surface area contributed by atoms with Crippen molar-refractivity contribution in [1.29, 1.82) is 5.26 Å². The molecule has 0 unspecified atom stereocenters. The maximum absolute atomic E-state index is 13.1. The largest absolute Gasteiger partial charge is 0.477 e. The van der Waals surface area contributed by atoms with Gasteiger partial charge in [-0.25, -0.2) is 26.7 Å². The van der Waals surface area contributed by atoms with E-state index in [1.165, 1.54) is 0 Å². The van der Waals surface area contributed by atoms with Gasteiger partial charge >= 0.3 is 5.97 Å². The Morgan fingerprint density at radius 2 is 1.39 bits per heavy atom. The van der Waals surface area contributed by atoms with Crippen molar-refractivity contribution in [3.8, 4) is 6.07 Å². The van der Waals surface area contributed by atoms with E-state index in [2.05, 4.69) is 0 Å². The molecule has 0 aromatic heterocycles. The highest BCUT2D eigenvalue weighted by Gasteiger charge is 2.25. The molecule has 0 aliphatic heterocycles. The predicted molar refractivity (Wildman–Crippen MR) is 47.5 cm³/mol. The van der Waals surface area contributed by atoms with Crippen LogP contribution < -0.4 is 0 Å². The molecule has 3 nitrogen and oxygen atoms in total. The Morgan fingerprint density at radius 1 is 1.00 bits per heavy atom. The molecule has 0 saturated carbocycles. The molecule has 0 aliphatic carbocycles. The number of rotatable bonds is 2. The molecule has 0 aliphatic rings. The van der Waals surface area contributed by atoms with E-state index >= 15 is 0 Å². The highest BCUT2D eigenvalue weighted by atomic mass is 19.2. The average Bonchev–Trinajstić information content (AvgIpc) is 2.34. The van der Waals surface area contributed by atoms with Gasteiger partial charge in [0.2, 0.25) is 5.82 Å². The van der Waals surface area contributed by atoms with Crippen molar-refractivity contribution in [1.82, 2.24) is 0 Å². The van der Waals surface area contributed by atoms with Crippen molar-refractivity contribution >= 4 is 12.0 Å². The molecular weight excluding hydrogens is 261 g/mol. The fourth-order valence-electron chi connectivity index (χ4n) is 1.03. The fraction of sp³-hybridized carbons (Fsp3) is 0. The summed E-state index contributed by atoms with van der Waals surface area (Å²) in [7, 11) is 0. The second-order valence-corrected chi connectivity index (χ2v) is 2.96. The maximum atomic E-state index is 13.1. The van der Waals surface area contributed by atoms with Crippen molar-refractivity contribution in [2.45, 2.75) is 0 Å². The molecule has 1 rings (SSSR count). The summed E-state index contributed by atoms with van der Waals surface area (Å²) < 4.78 is 64.3. The number of carbonyl (C=O) groups is 1. The number of halogens is 5. The second-order valence-electron chi connectivity index (χ2n) is 2.96. The molecule has 1 N–H and O–H groups in total. The van der Waals surface area contributed by atoms with E-state index in [0.29, 0.717) is 0 Å². The molecule has 0 radical (unpaired) electrons. The molecule has 0 saturated heterocycles. The van der Waals surface area contributed by atoms with Crippen LogP contribution in [0.3, 0.4) is 0 Å². The summed E-state index contributed by atoms with van der Waals surface area (Å²) in [5, 5.41) is 16.7. The summed E-state index contributed by atoms with van der Waals surface area (Å²) >= 11 is 0. The van der Waals surface area contributed by atoms with Crippen LogP contribution in [0.1, 0.15) is 5.56 Å². The first-order valence-corrected chi connectivity index (χ1v) is 4.17. The van der Waals surface area contributed by atoms with Gasteiger partial charge in [0.25, 0.3) is 0 Å². The minimum Gasteiger partial charge on any atom is -0.477 e. The highest BCUT2D eigenvalue weighted by Crippen LogP contribution is 2.24. The first-order valence-electron chi connectivity index (χ1n) is 4.17. The summed E-state index contributed by atoms with van der Waals surface area (Å²) in [5.74, 6) is -13.1. The lowest BCUT2D eigenvalue weighted by molar-refractivity contribution is -0.132. The number of nitrogens with zero attached hydrogens (tertiary/aromatic N) is 1. The fourth-order valence-corrected chi connectivity index (χ4v) is 1.03. The number of aliphatic carboxylic acids is 1. The van der Waals surface area contributed by atoms with Gasteiger partial charge < -0.3 is 5.11 Å². The molecule has 0 fully saturated rings. The van der Waals surface area contributed by atoms with Gasteiger partial charge in [-0.05, 0) is 6.08 Å². The van der Waals surface area contributed by atoms with Crippen molar-refractivity contribution in [3.05, 3.63) is 40.2 Å². The number of hydrogen-bond acceptors (Lipinski definition) is 2. The van der Waals surface area contributed by atoms with Crippen LogP contribution in [0.4, 0.5) is 22.0 Å². The minimum absolute atomic E-state index is 0.0681. The van der Waals surface area contributed by atoms with E-state index in [9.17, 15) is 26.7 Å². The lowest BCUT2D eigenvalue weighted by atomic mass is 10.1. The summed E-state index contributed by atoms with van der Waals surface area (Å²) in [6.07, 6.45) is 0.0681. The van der Waals surface area contributed by atoms with Crippen LogP contribution in [0.5, 0.6) is 0 Å². The van der Waals surface area contributed by atoms with Crippen molar-refractivity contribution in [2.75, 3.05) is 0 Å². The van der Waals surface area contributed by atoms with Gasteiger partial charge in [0, 0.05) is 0 Å². The van der Waals surface area contributed by atoms with Crippen LogP contribution in [0.2, 0.25) is 0 Å².